The molecule has 0 atom stereocenters. The first-order valence-electron chi connectivity index (χ1n) is 6.71. The molecule has 0 amide bonds. The van der Waals surface area contributed by atoms with Gasteiger partial charge in [-0.1, -0.05) is 6.07 Å². The van der Waals surface area contributed by atoms with Gasteiger partial charge in [-0.2, -0.15) is 0 Å². The highest BCUT2D eigenvalue weighted by atomic mass is 16.6. The first kappa shape index (κ1) is 18.0. The predicted molar refractivity (Wildman–Crippen MR) is 82.5 cm³/mol. The van der Waals surface area contributed by atoms with Crippen LogP contribution in [0.5, 0.6) is 11.5 Å². The van der Waals surface area contributed by atoms with Crippen molar-refractivity contribution >= 4 is 24.0 Å². The maximum absolute atomic E-state index is 11.4. The molecule has 0 saturated heterocycles. The zero-order valence-corrected chi connectivity index (χ0v) is 12.8. The molecule has 0 radical (unpaired) electrons. The van der Waals surface area contributed by atoms with E-state index < -0.39 is 17.9 Å². The van der Waals surface area contributed by atoms with Crippen LogP contribution in [-0.2, 0) is 19.1 Å². The molecular formula is C17H16O6. The molecule has 0 saturated carbocycles. The summed E-state index contributed by atoms with van der Waals surface area (Å²) in [6.07, 6.45) is 8.08. The Morgan fingerprint density at radius 1 is 1.13 bits per heavy atom. The zero-order chi connectivity index (χ0) is 17.2. The van der Waals surface area contributed by atoms with E-state index in [2.05, 4.69) is 5.92 Å². The molecule has 23 heavy (non-hydrogen) atoms. The fourth-order valence-electron chi connectivity index (χ4n) is 1.53. The number of carbonyl (C=O) groups excluding carboxylic acids is 3. The van der Waals surface area contributed by atoms with Crippen LogP contribution in [-0.4, -0.2) is 24.5 Å². The van der Waals surface area contributed by atoms with Gasteiger partial charge in [0.25, 0.3) is 0 Å². The Morgan fingerprint density at radius 2 is 1.78 bits per heavy atom. The van der Waals surface area contributed by atoms with Crippen molar-refractivity contribution in [2.45, 2.75) is 20.3 Å². The number of rotatable bonds is 6. The van der Waals surface area contributed by atoms with Gasteiger partial charge in [0.05, 0.1) is 0 Å². The van der Waals surface area contributed by atoms with Crippen molar-refractivity contribution in [1.82, 2.24) is 0 Å². The highest BCUT2D eigenvalue weighted by molar-refractivity contribution is 5.87. The lowest BCUT2D eigenvalue weighted by atomic mass is 10.2. The van der Waals surface area contributed by atoms with E-state index in [1.807, 2.05) is 0 Å². The molecule has 0 aromatic heterocycles. The summed E-state index contributed by atoms with van der Waals surface area (Å²) in [6, 6.07) is 4.52. The minimum Gasteiger partial charge on any atom is -0.462 e. The number of esters is 3. The predicted octanol–water partition coefficient (Wildman–Crippen LogP) is 2.12. The van der Waals surface area contributed by atoms with Crippen molar-refractivity contribution in [3.05, 3.63) is 29.8 Å². The molecule has 0 spiro atoms. The van der Waals surface area contributed by atoms with Crippen molar-refractivity contribution in [2.75, 3.05) is 6.61 Å². The van der Waals surface area contributed by atoms with Crippen LogP contribution < -0.4 is 9.47 Å². The quantitative estimate of drug-likeness (QED) is 0.263. The van der Waals surface area contributed by atoms with E-state index in [4.69, 9.17) is 20.6 Å². The Hall–Kier alpha value is -3.07. The molecule has 6 heteroatoms. The second-order valence-corrected chi connectivity index (χ2v) is 4.35. The van der Waals surface area contributed by atoms with Crippen LogP contribution in [0, 0.1) is 12.3 Å². The first-order valence-corrected chi connectivity index (χ1v) is 6.71. The van der Waals surface area contributed by atoms with Crippen LogP contribution in [0.15, 0.2) is 24.3 Å². The molecule has 0 unspecified atom stereocenters. The third kappa shape index (κ3) is 6.96. The Morgan fingerprint density at radius 3 is 2.39 bits per heavy atom. The summed E-state index contributed by atoms with van der Waals surface area (Å²) >= 11 is 0. The first-order chi connectivity index (χ1) is 10.9. The highest BCUT2D eigenvalue weighted by Gasteiger charge is 2.10. The summed E-state index contributed by atoms with van der Waals surface area (Å²) in [7, 11) is 0. The molecule has 0 aliphatic heterocycles. The topological polar surface area (TPSA) is 78.9 Å². The Labute approximate surface area is 134 Å². The number of terminal acetylenes is 1. The molecule has 0 bridgehead atoms. The summed E-state index contributed by atoms with van der Waals surface area (Å²) in [4.78, 5) is 33.6. The van der Waals surface area contributed by atoms with Gasteiger partial charge in [-0.3, -0.25) is 9.59 Å². The van der Waals surface area contributed by atoms with Gasteiger partial charge in [0.2, 0.25) is 0 Å². The van der Waals surface area contributed by atoms with E-state index in [0.29, 0.717) is 12.0 Å². The van der Waals surface area contributed by atoms with Crippen LogP contribution >= 0.6 is 0 Å². The zero-order valence-electron chi connectivity index (χ0n) is 12.8. The van der Waals surface area contributed by atoms with Crippen molar-refractivity contribution in [3.63, 3.8) is 0 Å². The Balaban J connectivity index is 2.87. The maximum atomic E-state index is 11.4. The van der Waals surface area contributed by atoms with Gasteiger partial charge in [-0.25, -0.2) is 4.79 Å². The number of ether oxygens (including phenoxy) is 3. The van der Waals surface area contributed by atoms with Crippen molar-refractivity contribution in [2.24, 2.45) is 0 Å². The Bertz CT molecular complexity index is 666. The van der Waals surface area contributed by atoms with E-state index in [9.17, 15) is 14.4 Å². The summed E-state index contributed by atoms with van der Waals surface area (Å²) < 4.78 is 14.8. The average Bonchev–Trinajstić information content (AvgIpc) is 2.46. The van der Waals surface area contributed by atoms with Gasteiger partial charge in [0.1, 0.15) is 6.61 Å². The second kappa shape index (κ2) is 9.05. The molecule has 0 heterocycles. The molecule has 1 aromatic carbocycles. The number of carbonyl (C=O) groups is 3. The smallest absolute Gasteiger partial charge is 0.330 e. The average molecular weight is 316 g/mol. The summed E-state index contributed by atoms with van der Waals surface area (Å²) in [5.41, 5.74) is 0.561. The van der Waals surface area contributed by atoms with E-state index in [1.54, 1.807) is 6.07 Å². The van der Waals surface area contributed by atoms with Crippen molar-refractivity contribution < 1.29 is 28.6 Å². The Kier molecular flexibility index (Phi) is 7.08. The summed E-state index contributed by atoms with van der Waals surface area (Å²) in [5.74, 6) is 0.897. The summed E-state index contributed by atoms with van der Waals surface area (Å²) in [5, 5.41) is 0. The fraction of sp³-hybridized carbons (Fsp3) is 0.235. The van der Waals surface area contributed by atoms with Crippen LogP contribution in [0.25, 0.3) is 6.08 Å². The fourth-order valence-corrected chi connectivity index (χ4v) is 1.53. The molecule has 120 valence electrons. The van der Waals surface area contributed by atoms with Crippen molar-refractivity contribution in [3.8, 4) is 23.8 Å². The molecule has 0 aliphatic rings. The molecule has 0 aliphatic carbocycles. The van der Waals surface area contributed by atoms with E-state index >= 15 is 0 Å². The third-order valence-electron chi connectivity index (χ3n) is 2.38. The van der Waals surface area contributed by atoms with Gasteiger partial charge in [0, 0.05) is 26.3 Å². The number of hydrogen-bond acceptors (Lipinski definition) is 6. The molecule has 0 fully saturated rings. The van der Waals surface area contributed by atoms with E-state index in [1.165, 1.54) is 38.1 Å². The summed E-state index contributed by atoms with van der Waals surface area (Å²) in [6.45, 7) is 2.60. The van der Waals surface area contributed by atoms with E-state index in [-0.39, 0.29) is 18.1 Å². The van der Waals surface area contributed by atoms with Gasteiger partial charge >= 0.3 is 17.9 Å². The van der Waals surface area contributed by atoms with E-state index in [0.717, 1.165) is 0 Å². The largest absolute Gasteiger partial charge is 0.462 e. The van der Waals surface area contributed by atoms with Crippen LogP contribution in [0.2, 0.25) is 0 Å². The maximum Gasteiger partial charge on any atom is 0.330 e. The lowest BCUT2D eigenvalue weighted by Crippen LogP contribution is -2.07. The molecule has 0 N–H and O–H groups in total. The molecule has 6 nitrogen and oxygen atoms in total. The normalized spacial score (nSPS) is 9.96. The van der Waals surface area contributed by atoms with Crippen molar-refractivity contribution in [1.29, 1.82) is 0 Å². The SMILES string of the molecule is C#CCCOC(=O)/C=C/c1ccc(OC(C)=O)c(OC(C)=O)c1. The minimum atomic E-state index is -0.562. The van der Waals surface area contributed by atoms with Gasteiger partial charge in [0.15, 0.2) is 11.5 Å². The third-order valence-corrected chi connectivity index (χ3v) is 2.38. The lowest BCUT2D eigenvalue weighted by molar-refractivity contribution is -0.137. The van der Waals surface area contributed by atoms with Gasteiger partial charge in [-0.05, 0) is 23.8 Å². The molecule has 1 rings (SSSR count). The standard InChI is InChI=1S/C17H16O6/c1-4-5-10-21-17(20)9-7-14-6-8-15(22-12(2)18)16(11-14)23-13(3)19/h1,6-9,11H,5,10H2,2-3H3/b9-7+. The number of hydrogen-bond donors (Lipinski definition) is 0. The lowest BCUT2D eigenvalue weighted by Gasteiger charge is -2.09. The number of benzene rings is 1. The highest BCUT2D eigenvalue weighted by Crippen LogP contribution is 2.29. The van der Waals surface area contributed by atoms with Crippen LogP contribution in [0.4, 0.5) is 0 Å². The monoisotopic (exact) mass is 316 g/mol. The molecule has 1 aromatic rings. The van der Waals surface area contributed by atoms with Gasteiger partial charge < -0.3 is 14.2 Å². The van der Waals surface area contributed by atoms with Gasteiger partial charge in [-0.15, -0.1) is 12.3 Å². The minimum absolute atomic E-state index is 0.0792. The second-order valence-electron chi connectivity index (χ2n) is 4.35. The van der Waals surface area contributed by atoms with Crippen LogP contribution in [0.1, 0.15) is 25.8 Å². The molecular weight excluding hydrogens is 300 g/mol. The van der Waals surface area contributed by atoms with Crippen LogP contribution in [0.3, 0.4) is 0 Å².